The van der Waals surface area contributed by atoms with Crippen molar-refractivity contribution in [1.29, 1.82) is 0 Å². The molecular formula is C15H18N2O6. The lowest BCUT2D eigenvalue weighted by Crippen LogP contribution is -2.47. The molecule has 0 heterocycles. The smallest absolute Gasteiger partial charge is 0.408 e. The summed E-state index contributed by atoms with van der Waals surface area (Å²) in [7, 11) is 2.67. The lowest BCUT2D eigenvalue weighted by atomic mass is 10.2. The standard InChI is InChI=1S/C15H18N2O6/c1-17(22-2)12(18)11-8-15(11,13(19)20)16-14(21)23-9-10-6-4-3-5-7-10/h3-7,11H,8-9H2,1-2H3,(H,16,21)(H,19,20). The minimum atomic E-state index is -1.64. The zero-order valence-electron chi connectivity index (χ0n) is 12.8. The molecule has 1 aromatic carbocycles. The number of carbonyl (C=O) groups excluding carboxylic acids is 2. The SMILES string of the molecule is CON(C)C(=O)C1CC1(NC(=O)OCc1ccccc1)C(=O)O. The van der Waals surface area contributed by atoms with E-state index in [1.54, 1.807) is 24.3 Å². The maximum atomic E-state index is 12.0. The molecule has 8 nitrogen and oxygen atoms in total. The van der Waals surface area contributed by atoms with Crippen molar-refractivity contribution in [1.82, 2.24) is 10.4 Å². The topological polar surface area (TPSA) is 105 Å². The summed E-state index contributed by atoms with van der Waals surface area (Å²) in [5.74, 6) is -2.68. The van der Waals surface area contributed by atoms with Gasteiger partial charge in [-0.05, 0) is 12.0 Å². The molecule has 2 atom stereocenters. The molecule has 2 unspecified atom stereocenters. The average molecular weight is 322 g/mol. The molecule has 0 spiro atoms. The molecule has 2 rings (SSSR count). The molecule has 0 radical (unpaired) electrons. The molecule has 0 aromatic heterocycles. The van der Waals surface area contributed by atoms with Gasteiger partial charge in [0.1, 0.15) is 6.61 Å². The van der Waals surface area contributed by atoms with Crippen LogP contribution in [0.25, 0.3) is 0 Å². The largest absolute Gasteiger partial charge is 0.479 e. The van der Waals surface area contributed by atoms with Gasteiger partial charge in [0.25, 0.3) is 5.91 Å². The molecule has 1 saturated carbocycles. The van der Waals surface area contributed by atoms with Crippen molar-refractivity contribution in [3.8, 4) is 0 Å². The van der Waals surface area contributed by atoms with Crippen molar-refractivity contribution in [2.45, 2.75) is 18.6 Å². The van der Waals surface area contributed by atoms with Crippen LogP contribution in [0.2, 0.25) is 0 Å². The van der Waals surface area contributed by atoms with Gasteiger partial charge in [0.15, 0.2) is 5.54 Å². The number of hydrogen-bond donors (Lipinski definition) is 2. The van der Waals surface area contributed by atoms with Crippen LogP contribution in [0, 0.1) is 5.92 Å². The fourth-order valence-electron chi connectivity index (χ4n) is 2.24. The Kier molecular flexibility index (Phi) is 4.85. The molecule has 23 heavy (non-hydrogen) atoms. The van der Waals surface area contributed by atoms with Gasteiger partial charge in [0.2, 0.25) is 0 Å². The van der Waals surface area contributed by atoms with Gasteiger partial charge < -0.3 is 15.2 Å². The number of alkyl carbamates (subject to hydrolysis) is 1. The van der Waals surface area contributed by atoms with Gasteiger partial charge in [-0.2, -0.15) is 0 Å². The molecule has 0 aliphatic heterocycles. The van der Waals surface area contributed by atoms with Gasteiger partial charge in [0, 0.05) is 7.05 Å². The lowest BCUT2D eigenvalue weighted by Gasteiger charge is -2.17. The molecule has 2 amide bonds. The third-order valence-electron chi connectivity index (χ3n) is 3.76. The predicted molar refractivity (Wildman–Crippen MR) is 78.0 cm³/mol. The van der Waals surface area contributed by atoms with Crippen molar-refractivity contribution >= 4 is 18.0 Å². The van der Waals surface area contributed by atoms with Gasteiger partial charge in [-0.3, -0.25) is 9.63 Å². The number of hydroxylamine groups is 2. The van der Waals surface area contributed by atoms with E-state index in [0.29, 0.717) is 0 Å². The molecule has 2 N–H and O–H groups in total. The summed E-state index contributed by atoms with van der Waals surface area (Å²) in [5, 5.41) is 12.5. The molecule has 0 saturated heterocycles. The predicted octanol–water partition coefficient (Wildman–Crippen LogP) is 0.776. The number of nitrogens with zero attached hydrogens (tertiary/aromatic N) is 1. The second-order valence-electron chi connectivity index (χ2n) is 5.24. The number of rotatable bonds is 6. The van der Waals surface area contributed by atoms with Gasteiger partial charge in [0.05, 0.1) is 13.0 Å². The first-order valence-corrected chi connectivity index (χ1v) is 6.94. The van der Waals surface area contributed by atoms with E-state index >= 15 is 0 Å². The highest BCUT2D eigenvalue weighted by atomic mass is 16.7. The van der Waals surface area contributed by atoms with Crippen molar-refractivity contribution in [2.75, 3.05) is 14.2 Å². The van der Waals surface area contributed by atoms with Gasteiger partial charge in [-0.25, -0.2) is 14.7 Å². The summed E-state index contributed by atoms with van der Waals surface area (Å²) < 4.78 is 5.00. The average Bonchev–Trinajstić information content (AvgIpc) is 3.28. The Morgan fingerprint density at radius 1 is 1.35 bits per heavy atom. The third kappa shape index (κ3) is 3.59. The number of carbonyl (C=O) groups is 3. The molecule has 1 fully saturated rings. The van der Waals surface area contributed by atoms with Gasteiger partial charge in [-0.1, -0.05) is 30.3 Å². The first kappa shape index (κ1) is 16.8. The van der Waals surface area contributed by atoms with E-state index in [4.69, 9.17) is 9.57 Å². The zero-order valence-corrected chi connectivity index (χ0v) is 12.8. The van der Waals surface area contributed by atoms with Crippen molar-refractivity contribution < 1.29 is 29.1 Å². The van der Waals surface area contributed by atoms with Crippen LogP contribution in [0.5, 0.6) is 0 Å². The third-order valence-corrected chi connectivity index (χ3v) is 3.76. The monoisotopic (exact) mass is 322 g/mol. The second-order valence-corrected chi connectivity index (χ2v) is 5.24. The Morgan fingerprint density at radius 2 is 2.00 bits per heavy atom. The highest BCUT2D eigenvalue weighted by Crippen LogP contribution is 2.45. The van der Waals surface area contributed by atoms with Crippen LogP contribution in [-0.4, -0.2) is 47.8 Å². The highest BCUT2D eigenvalue weighted by Gasteiger charge is 2.66. The van der Waals surface area contributed by atoms with Gasteiger partial charge >= 0.3 is 12.1 Å². The van der Waals surface area contributed by atoms with Crippen LogP contribution < -0.4 is 5.32 Å². The molecular weight excluding hydrogens is 304 g/mol. The summed E-state index contributed by atoms with van der Waals surface area (Å²) in [4.78, 5) is 40.0. The molecule has 1 aromatic rings. The summed E-state index contributed by atoms with van der Waals surface area (Å²) in [6, 6.07) is 8.97. The first-order chi connectivity index (χ1) is 10.9. The number of hydrogen-bond acceptors (Lipinski definition) is 5. The number of nitrogens with one attached hydrogen (secondary N) is 1. The van der Waals surface area contributed by atoms with Crippen molar-refractivity contribution in [3.63, 3.8) is 0 Å². The Bertz CT molecular complexity index is 605. The van der Waals surface area contributed by atoms with E-state index in [0.717, 1.165) is 10.6 Å². The van der Waals surface area contributed by atoms with Crippen molar-refractivity contribution in [3.05, 3.63) is 35.9 Å². The number of ether oxygens (including phenoxy) is 1. The maximum Gasteiger partial charge on any atom is 0.408 e. The maximum absolute atomic E-state index is 12.0. The Labute approximate surface area is 132 Å². The quantitative estimate of drug-likeness (QED) is 0.750. The second kappa shape index (κ2) is 6.66. The molecule has 8 heteroatoms. The Balaban J connectivity index is 1.95. The molecule has 124 valence electrons. The molecule has 1 aliphatic rings. The minimum absolute atomic E-state index is 0.00466. The van der Waals surface area contributed by atoms with E-state index in [1.807, 2.05) is 6.07 Å². The number of aliphatic carboxylic acids is 1. The minimum Gasteiger partial charge on any atom is -0.479 e. The summed E-state index contributed by atoms with van der Waals surface area (Å²) in [6.07, 6.45) is -0.887. The highest BCUT2D eigenvalue weighted by molar-refractivity contribution is 5.98. The lowest BCUT2D eigenvalue weighted by molar-refractivity contribution is -0.171. The van der Waals surface area contributed by atoms with Crippen LogP contribution in [-0.2, 0) is 25.8 Å². The van der Waals surface area contributed by atoms with E-state index in [9.17, 15) is 19.5 Å². The van der Waals surface area contributed by atoms with Crippen molar-refractivity contribution in [2.24, 2.45) is 5.92 Å². The van der Waals surface area contributed by atoms with Crippen LogP contribution in [0.4, 0.5) is 4.79 Å². The van der Waals surface area contributed by atoms with E-state index in [1.165, 1.54) is 14.2 Å². The number of carboxylic acids is 1. The summed E-state index contributed by atoms with van der Waals surface area (Å²) >= 11 is 0. The molecule has 0 bridgehead atoms. The van der Waals surface area contributed by atoms with Crippen LogP contribution in [0.15, 0.2) is 30.3 Å². The number of amides is 2. The normalized spacial score (nSPS) is 22.1. The van der Waals surface area contributed by atoms with Crippen LogP contribution >= 0.6 is 0 Å². The first-order valence-electron chi connectivity index (χ1n) is 6.94. The van der Waals surface area contributed by atoms with Gasteiger partial charge in [-0.15, -0.1) is 0 Å². The van der Waals surface area contributed by atoms with Crippen LogP contribution in [0.1, 0.15) is 12.0 Å². The van der Waals surface area contributed by atoms with Crippen LogP contribution in [0.3, 0.4) is 0 Å². The Hall–Kier alpha value is -2.61. The number of benzene rings is 1. The zero-order chi connectivity index (χ0) is 17.0. The fraction of sp³-hybridized carbons (Fsp3) is 0.400. The fourth-order valence-corrected chi connectivity index (χ4v) is 2.24. The van der Waals surface area contributed by atoms with E-state index in [2.05, 4.69) is 5.32 Å². The number of carboxylic acid groups (broad SMARTS) is 1. The Morgan fingerprint density at radius 3 is 2.57 bits per heavy atom. The molecule has 1 aliphatic carbocycles. The summed E-state index contributed by atoms with van der Waals surface area (Å²) in [6.45, 7) is 0.0129. The van der Waals surface area contributed by atoms with E-state index in [-0.39, 0.29) is 13.0 Å². The summed E-state index contributed by atoms with van der Waals surface area (Å²) in [5.41, 5.74) is -0.868. The van der Waals surface area contributed by atoms with E-state index < -0.39 is 29.4 Å².